The van der Waals surface area contributed by atoms with E-state index in [0.717, 1.165) is 54.5 Å². The first-order valence-electron chi connectivity index (χ1n) is 8.39. The molecule has 6 heteroatoms. The standard InChI is InChI=1S/C18H21FN4O/c19-14-1-2-16-17(11-20-18(16)9-14)13-10-21-23(12-13)15-3-5-22(6-4-15)7-8-24/h1-2,9-12,15,20,24H,3-8H2. The van der Waals surface area contributed by atoms with E-state index in [-0.39, 0.29) is 12.4 Å². The first kappa shape index (κ1) is 15.4. The maximum absolute atomic E-state index is 13.3. The van der Waals surface area contributed by atoms with Gasteiger partial charge in [-0.05, 0) is 31.0 Å². The molecule has 2 N–H and O–H groups in total. The summed E-state index contributed by atoms with van der Waals surface area (Å²) in [5.74, 6) is -0.235. The Kier molecular flexibility index (Phi) is 4.08. The minimum atomic E-state index is -0.235. The minimum Gasteiger partial charge on any atom is -0.395 e. The number of rotatable bonds is 4. The van der Waals surface area contributed by atoms with Crippen molar-refractivity contribution >= 4 is 10.9 Å². The van der Waals surface area contributed by atoms with Crippen molar-refractivity contribution < 1.29 is 9.50 Å². The van der Waals surface area contributed by atoms with Crippen LogP contribution in [0.15, 0.2) is 36.8 Å². The Bertz CT molecular complexity index is 833. The zero-order chi connectivity index (χ0) is 16.5. The Labute approximate surface area is 139 Å². The van der Waals surface area contributed by atoms with Crippen molar-refractivity contribution in [1.82, 2.24) is 19.7 Å². The van der Waals surface area contributed by atoms with Gasteiger partial charge in [-0.15, -0.1) is 0 Å². The molecular weight excluding hydrogens is 307 g/mol. The lowest BCUT2D eigenvalue weighted by atomic mass is 10.1. The molecule has 126 valence electrons. The van der Waals surface area contributed by atoms with E-state index in [4.69, 9.17) is 5.11 Å². The van der Waals surface area contributed by atoms with Crippen molar-refractivity contribution in [3.05, 3.63) is 42.6 Å². The molecule has 5 nitrogen and oxygen atoms in total. The molecule has 2 aromatic heterocycles. The molecule has 0 bridgehead atoms. The van der Waals surface area contributed by atoms with Crippen LogP contribution in [0.5, 0.6) is 0 Å². The van der Waals surface area contributed by atoms with Gasteiger partial charge in [0.15, 0.2) is 0 Å². The molecule has 24 heavy (non-hydrogen) atoms. The third-order valence-corrected chi connectivity index (χ3v) is 4.90. The van der Waals surface area contributed by atoms with Crippen molar-refractivity contribution in [3.8, 4) is 11.1 Å². The Balaban J connectivity index is 1.54. The van der Waals surface area contributed by atoms with Crippen molar-refractivity contribution in [2.24, 2.45) is 0 Å². The van der Waals surface area contributed by atoms with E-state index in [0.29, 0.717) is 6.04 Å². The monoisotopic (exact) mass is 328 g/mol. The molecule has 1 fully saturated rings. The summed E-state index contributed by atoms with van der Waals surface area (Å²) in [4.78, 5) is 5.42. The highest BCUT2D eigenvalue weighted by molar-refractivity contribution is 5.95. The Hall–Kier alpha value is -2.18. The fourth-order valence-corrected chi connectivity index (χ4v) is 3.56. The summed E-state index contributed by atoms with van der Waals surface area (Å²) in [5.41, 5.74) is 2.90. The highest BCUT2D eigenvalue weighted by atomic mass is 19.1. The molecule has 4 rings (SSSR count). The van der Waals surface area contributed by atoms with E-state index in [9.17, 15) is 4.39 Å². The van der Waals surface area contributed by atoms with Gasteiger partial charge in [0.05, 0.1) is 18.8 Å². The molecule has 0 aliphatic carbocycles. The lowest BCUT2D eigenvalue weighted by molar-refractivity contribution is 0.146. The van der Waals surface area contributed by atoms with Gasteiger partial charge in [0, 0.05) is 54.1 Å². The third-order valence-electron chi connectivity index (χ3n) is 4.90. The normalized spacial score (nSPS) is 16.9. The molecule has 0 unspecified atom stereocenters. The van der Waals surface area contributed by atoms with Crippen LogP contribution in [0.25, 0.3) is 22.0 Å². The number of likely N-dealkylation sites (tertiary alicyclic amines) is 1. The number of H-pyrrole nitrogens is 1. The number of aromatic nitrogens is 3. The van der Waals surface area contributed by atoms with Gasteiger partial charge < -0.3 is 15.0 Å². The first-order chi connectivity index (χ1) is 11.7. The van der Waals surface area contributed by atoms with Crippen LogP contribution in [0.1, 0.15) is 18.9 Å². The van der Waals surface area contributed by atoms with Crippen molar-refractivity contribution in [3.63, 3.8) is 0 Å². The van der Waals surface area contributed by atoms with Gasteiger partial charge in [-0.1, -0.05) is 0 Å². The van der Waals surface area contributed by atoms with Gasteiger partial charge in [0.25, 0.3) is 0 Å². The van der Waals surface area contributed by atoms with E-state index in [1.165, 1.54) is 12.1 Å². The Morgan fingerprint density at radius 3 is 2.92 bits per heavy atom. The molecule has 1 aliphatic heterocycles. The van der Waals surface area contributed by atoms with Crippen molar-refractivity contribution in [2.75, 3.05) is 26.2 Å². The van der Waals surface area contributed by atoms with Crippen molar-refractivity contribution in [2.45, 2.75) is 18.9 Å². The first-order valence-corrected chi connectivity index (χ1v) is 8.39. The summed E-state index contributed by atoms with van der Waals surface area (Å²) in [7, 11) is 0. The highest BCUT2D eigenvalue weighted by Gasteiger charge is 2.21. The van der Waals surface area contributed by atoms with E-state index < -0.39 is 0 Å². The summed E-state index contributed by atoms with van der Waals surface area (Å²) in [6, 6.07) is 5.21. The van der Waals surface area contributed by atoms with Crippen LogP contribution < -0.4 is 0 Å². The topological polar surface area (TPSA) is 57.1 Å². The largest absolute Gasteiger partial charge is 0.395 e. The van der Waals surface area contributed by atoms with Crippen LogP contribution in [0.2, 0.25) is 0 Å². The molecule has 0 amide bonds. The molecule has 0 atom stereocenters. The van der Waals surface area contributed by atoms with E-state index >= 15 is 0 Å². The molecule has 0 radical (unpaired) electrons. The Morgan fingerprint density at radius 2 is 2.12 bits per heavy atom. The number of hydrogen-bond acceptors (Lipinski definition) is 3. The quantitative estimate of drug-likeness (QED) is 0.774. The number of hydrogen-bond donors (Lipinski definition) is 2. The number of fused-ring (bicyclic) bond motifs is 1. The zero-order valence-corrected chi connectivity index (χ0v) is 13.5. The van der Waals surface area contributed by atoms with Crippen LogP contribution in [-0.4, -0.2) is 51.0 Å². The number of nitrogens with one attached hydrogen (secondary N) is 1. The average Bonchev–Trinajstić information content (AvgIpc) is 3.22. The molecule has 1 aromatic carbocycles. The van der Waals surface area contributed by atoms with E-state index in [1.807, 2.05) is 17.1 Å². The number of aliphatic hydroxyl groups excluding tert-OH is 1. The fraction of sp³-hybridized carbons (Fsp3) is 0.389. The van der Waals surface area contributed by atoms with Gasteiger partial charge in [0.1, 0.15) is 5.82 Å². The van der Waals surface area contributed by atoms with Crippen LogP contribution in [-0.2, 0) is 0 Å². The SMILES string of the molecule is OCCN1CCC(n2cc(-c3c[nH]c4cc(F)ccc34)cn2)CC1. The zero-order valence-electron chi connectivity index (χ0n) is 13.5. The summed E-state index contributed by atoms with van der Waals surface area (Å²) in [6.45, 7) is 2.96. The maximum atomic E-state index is 13.3. The second-order valence-corrected chi connectivity index (χ2v) is 6.40. The van der Waals surface area contributed by atoms with Gasteiger partial charge in [-0.3, -0.25) is 4.68 Å². The lowest BCUT2D eigenvalue weighted by Crippen LogP contribution is -2.36. The summed E-state index contributed by atoms with van der Waals surface area (Å²) in [6.07, 6.45) is 7.96. The summed E-state index contributed by atoms with van der Waals surface area (Å²) >= 11 is 0. The predicted octanol–water partition coefficient (Wildman–Crippen LogP) is 2.80. The molecule has 0 spiro atoms. The van der Waals surface area contributed by atoms with Crippen LogP contribution in [0, 0.1) is 5.82 Å². The third kappa shape index (κ3) is 2.83. The highest BCUT2D eigenvalue weighted by Crippen LogP contribution is 2.30. The minimum absolute atomic E-state index is 0.220. The number of nitrogens with zero attached hydrogens (tertiary/aromatic N) is 3. The number of benzene rings is 1. The molecule has 1 aliphatic rings. The lowest BCUT2D eigenvalue weighted by Gasteiger charge is -2.31. The summed E-state index contributed by atoms with van der Waals surface area (Å²) in [5, 5.41) is 14.6. The second-order valence-electron chi connectivity index (χ2n) is 6.40. The van der Waals surface area contributed by atoms with Crippen molar-refractivity contribution in [1.29, 1.82) is 0 Å². The summed E-state index contributed by atoms with van der Waals surface area (Å²) < 4.78 is 15.4. The Morgan fingerprint density at radius 1 is 1.29 bits per heavy atom. The number of aromatic amines is 1. The average molecular weight is 328 g/mol. The number of β-amino-alcohol motifs (C(OH)–C–C–N with tert-alkyl or cyclic N) is 1. The van der Waals surface area contributed by atoms with Gasteiger partial charge >= 0.3 is 0 Å². The number of piperidine rings is 1. The molecule has 0 saturated carbocycles. The molecule has 3 aromatic rings. The molecule has 3 heterocycles. The second kappa shape index (κ2) is 6.37. The number of aliphatic hydroxyl groups is 1. The molecular formula is C18H21FN4O. The molecule has 1 saturated heterocycles. The van der Waals surface area contributed by atoms with Gasteiger partial charge in [-0.2, -0.15) is 5.10 Å². The van der Waals surface area contributed by atoms with Crippen LogP contribution in [0.3, 0.4) is 0 Å². The van der Waals surface area contributed by atoms with E-state index in [2.05, 4.69) is 21.2 Å². The van der Waals surface area contributed by atoms with E-state index in [1.54, 1.807) is 6.07 Å². The van der Waals surface area contributed by atoms with Gasteiger partial charge in [-0.25, -0.2) is 4.39 Å². The fourth-order valence-electron chi connectivity index (χ4n) is 3.56. The predicted molar refractivity (Wildman–Crippen MR) is 91.3 cm³/mol. The number of halogens is 1. The van der Waals surface area contributed by atoms with Crippen LogP contribution >= 0.6 is 0 Å². The van der Waals surface area contributed by atoms with Crippen LogP contribution in [0.4, 0.5) is 4.39 Å². The maximum Gasteiger partial charge on any atom is 0.125 e. The smallest absolute Gasteiger partial charge is 0.125 e. The van der Waals surface area contributed by atoms with Gasteiger partial charge in [0.2, 0.25) is 0 Å².